The maximum Gasteiger partial charge on any atom is 0.236 e. The lowest BCUT2D eigenvalue weighted by Crippen LogP contribution is -2.49. The summed E-state index contributed by atoms with van der Waals surface area (Å²) in [6.07, 6.45) is 0. The van der Waals surface area contributed by atoms with Crippen LogP contribution in [0.2, 0.25) is 0 Å². The van der Waals surface area contributed by atoms with Gasteiger partial charge in [-0.2, -0.15) is 0 Å². The highest BCUT2D eigenvalue weighted by Gasteiger charge is 2.25. The van der Waals surface area contributed by atoms with Gasteiger partial charge in [0.15, 0.2) is 0 Å². The highest BCUT2D eigenvalue weighted by molar-refractivity contribution is 7.91. The molecule has 1 fully saturated rings. The Balaban J connectivity index is 1.70. The van der Waals surface area contributed by atoms with Crippen LogP contribution in [0.25, 0.3) is 0 Å². The van der Waals surface area contributed by atoms with Gasteiger partial charge in [-0.25, -0.2) is 8.42 Å². The minimum Gasteiger partial charge on any atom is -0.377 e. The number of nitrogens with zero attached hydrogens (tertiary/aromatic N) is 1. The number of rotatable bonds is 5. The van der Waals surface area contributed by atoms with Crippen molar-refractivity contribution in [2.45, 2.75) is 38.6 Å². The Morgan fingerprint density at radius 1 is 1.08 bits per heavy atom. The zero-order valence-electron chi connectivity index (χ0n) is 15.5. The number of anilines is 2. The van der Waals surface area contributed by atoms with E-state index in [0.717, 1.165) is 16.8 Å². The van der Waals surface area contributed by atoms with Crippen LogP contribution in [0.3, 0.4) is 0 Å². The Morgan fingerprint density at radius 2 is 1.73 bits per heavy atom. The van der Waals surface area contributed by atoms with Crippen molar-refractivity contribution in [1.82, 2.24) is 0 Å². The predicted molar refractivity (Wildman–Crippen MR) is 106 cm³/mol. The van der Waals surface area contributed by atoms with Crippen LogP contribution in [-0.4, -0.2) is 33.7 Å². The first-order valence-electron chi connectivity index (χ1n) is 8.86. The summed E-state index contributed by atoms with van der Waals surface area (Å²) < 4.78 is 33.1. The van der Waals surface area contributed by atoms with Crippen LogP contribution in [0, 0.1) is 6.92 Å². The lowest BCUT2D eigenvalue weighted by atomic mass is 10.1. The maximum atomic E-state index is 12.4. The molecule has 0 radical (unpaired) electrons. The fourth-order valence-corrected chi connectivity index (χ4v) is 4.64. The third kappa shape index (κ3) is 4.56. The van der Waals surface area contributed by atoms with Gasteiger partial charge >= 0.3 is 0 Å². The van der Waals surface area contributed by atoms with E-state index in [1.165, 1.54) is 0 Å². The second kappa shape index (κ2) is 7.68. The van der Waals surface area contributed by atoms with Crippen LogP contribution in [0.5, 0.6) is 0 Å². The van der Waals surface area contributed by atoms with Gasteiger partial charge in [0.2, 0.25) is 10.0 Å². The first-order chi connectivity index (χ1) is 12.3. The van der Waals surface area contributed by atoms with Gasteiger partial charge in [0.1, 0.15) is 0 Å². The predicted octanol–water partition coefficient (Wildman–Crippen LogP) is 3.55. The molecule has 2 unspecified atom stereocenters. The molecule has 1 heterocycles. The average Bonchev–Trinajstić information content (AvgIpc) is 2.55. The molecular formula is C20H26N2O3S. The fraction of sp³-hybridized carbons (Fsp3) is 0.400. The summed E-state index contributed by atoms with van der Waals surface area (Å²) in [5.74, 6) is -0.0338. The van der Waals surface area contributed by atoms with Crippen LogP contribution in [0.1, 0.15) is 25.0 Å². The summed E-state index contributed by atoms with van der Waals surface area (Å²) in [5, 5.41) is 0. The minimum atomic E-state index is -3.45. The fourth-order valence-electron chi connectivity index (χ4n) is 3.45. The highest BCUT2D eigenvalue weighted by atomic mass is 32.2. The van der Waals surface area contributed by atoms with E-state index in [1.807, 2.05) is 55.5 Å². The lowest BCUT2D eigenvalue weighted by molar-refractivity contribution is 0.0757. The zero-order chi connectivity index (χ0) is 18.7. The Hall–Kier alpha value is -2.05. The van der Waals surface area contributed by atoms with Crippen molar-refractivity contribution >= 4 is 21.4 Å². The van der Waals surface area contributed by atoms with Gasteiger partial charge in [-0.15, -0.1) is 0 Å². The third-order valence-electron chi connectivity index (χ3n) is 4.55. The third-order valence-corrected chi connectivity index (χ3v) is 5.81. The summed E-state index contributed by atoms with van der Waals surface area (Å²) in [6, 6.07) is 15.7. The number of ether oxygens (including phenoxy) is 1. The van der Waals surface area contributed by atoms with Gasteiger partial charge in [-0.1, -0.05) is 29.8 Å². The number of hydrogen-bond acceptors (Lipinski definition) is 4. The van der Waals surface area contributed by atoms with Crippen molar-refractivity contribution in [3.8, 4) is 0 Å². The quantitative estimate of drug-likeness (QED) is 0.869. The van der Waals surface area contributed by atoms with Gasteiger partial charge in [0, 0.05) is 23.5 Å². The first-order valence-corrected chi connectivity index (χ1v) is 10.5. The minimum absolute atomic E-state index is 0.0338. The van der Waals surface area contributed by atoms with Gasteiger partial charge in [0.25, 0.3) is 0 Å². The molecule has 1 saturated heterocycles. The zero-order valence-corrected chi connectivity index (χ0v) is 16.3. The highest BCUT2D eigenvalue weighted by Crippen LogP contribution is 2.25. The summed E-state index contributed by atoms with van der Waals surface area (Å²) in [7, 11) is -3.45. The van der Waals surface area contributed by atoms with Gasteiger partial charge in [-0.3, -0.25) is 4.72 Å². The van der Waals surface area contributed by atoms with E-state index in [2.05, 4.69) is 23.5 Å². The summed E-state index contributed by atoms with van der Waals surface area (Å²) >= 11 is 0. The number of morpholine rings is 1. The maximum absolute atomic E-state index is 12.4. The molecule has 2 atom stereocenters. The molecular weight excluding hydrogens is 348 g/mol. The SMILES string of the molecule is Cc1cccc(CS(=O)(=O)Nc2ccc(N3C(C)COCC3C)cc2)c1. The van der Waals surface area contributed by atoms with E-state index in [1.54, 1.807) is 0 Å². The normalized spacial score (nSPS) is 20.8. The molecule has 0 saturated carbocycles. The molecule has 0 amide bonds. The molecule has 0 bridgehead atoms. The van der Waals surface area contributed by atoms with Gasteiger partial charge in [-0.05, 0) is 50.6 Å². The molecule has 1 aliphatic rings. The van der Waals surface area contributed by atoms with E-state index in [4.69, 9.17) is 4.74 Å². The number of hydrogen-bond donors (Lipinski definition) is 1. The molecule has 26 heavy (non-hydrogen) atoms. The second-order valence-electron chi connectivity index (χ2n) is 7.04. The van der Waals surface area contributed by atoms with Crippen molar-refractivity contribution < 1.29 is 13.2 Å². The average molecular weight is 375 g/mol. The molecule has 1 N–H and O–H groups in total. The molecule has 0 spiro atoms. The molecule has 1 aliphatic heterocycles. The topological polar surface area (TPSA) is 58.6 Å². The molecule has 0 aliphatic carbocycles. The van der Waals surface area contributed by atoms with Crippen molar-refractivity contribution in [2.24, 2.45) is 0 Å². The van der Waals surface area contributed by atoms with E-state index in [9.17, 15) is 8.42 Å². The molecule has 5 nitrogen and oxygen atoms in total. The summed E-state index contributed by atoms with van der Waals surface area (Å²) in [4.78, 5) is 2.31. The van der Waals surface area contributed by atoms with E-state index in [0.29, 0.717) is 31.0 Å². The molecule has 6 heteroatoms. The van der Waals surface area contributed by atoms with Crippen LogP contribution in [0.15, 0.2) is 48.5 Å². The molecule has 2 aromatic rings. The van der Waals surface area contributed by atoms with Crippen molar-refractivity contribution in [1.29, 1.82) is 0 Å². The Bertz CT molecular complexity index is 840. The van der Waals surface area contributed by atoms with Crippen molar-refractivity contribution in [3.63, 3.8) is 0 Å². The van der Waals surface area contributed by atoms with Crippen LogP contribution < -0.4 is 9.62 Å². The monoisotopic (exact) mass is 374 g/mol. The van der Waals surface area contributed by atoms with E-state index >= 15 is 0 Å². The smallest absolute Gasteiger partial charge is 0.236 e. The molecule has 0 aromatic heterocycles. The molecule has 3 rings (SSSR count). The first kappa shape index (κ1) is 18.7. The number of benzene rings is 2. The van der Waals surface area contributed by atoms with Crippen molar-refractivity contribution in [2.75, 3.05) is 22.8 Å². The number of aryl methyl sites for hydroxylation is 1. The Labute approximate surface area is 156 Å². The van der Waals surface area contributed by atoms with Crippen LogP contribution in [-0.2, 0) is 20.5 Å². The van der Waals surface area contributed by atoms with Gasteiger partial charge < -0.3 is 9.64 Å². The molecule has 140 valence electrons. The van der Waals surface area contributed by atoms with E-state index < -0.39 is 10.0 Å². The van der Waals surface area contributed by atoms with Crippen molar-refractivity contribution in [3.05, 3.63) is 59.7 Å². The largest absolute Gasteiger partial charge is 0.377 e. The number of nitrogens with one attached hydrogen (secondary N) is 1. The van der Waals surface area contributed by atoms with E-state index in [-0.39, 0.29) is 5.75 Å². The number of sulfonamides is 1. The lowest BCUT2D eigenvalue weighted by Gasteiger charge is -2.40. The second-order valence-corrected chi connectivity index (χ2v) is 8.76. The Kier molecular flexibility index (Phi) is 5.53. The van der Waals surface area contributed by atoms with Crippen LogP contribution >= 0.6 is 0 Å². The summed E-state index contributed by atoms with van der Waals surface area (Å²) in [6.45, 7) is 7.63. The molecule has 2 aromatic carbocycles. The van der Waals surface area contributed by atoms with Crippen LogP contribution in [0.4, 0.5) is 11.4 Å². The Morgan fingerprint density at radius 3 is 2.35 bits per heavy atom. The van der Waals surface area contributed by atoms with Gasteiger partial charge in [0.05, 0.1) is 19.0 Å². The summed E-state index contributed by atoms with van der Waals surface area (Å²) in [5.41, 5.74) is 3.49. The standard InChI is InChI=1S/C20H26N2O3S/c1-15-5-4-6-18(11-15)14-26(23,24)21-19-7-9-20(10-8-19)22-16(2)12-25-13-17(22)3/h4-11,16-17,21H,12-14H2,1-3H3.